The molecule has 1 aliphatic rings. The number of rotatable bonds is 5. The molecule has 2 N–H and O–H groups in total. The van der Waals surface area contributed by atoms with Crippen molar-refractivity contribution >= 4 is 5.91 Å². The van der Waals surface area contributed by atoms with E-state index >= 15 is 0 Å². The first-order valence-corrected chi connectivity index (χ1v) is 7.49. The van der Waals surface area contributed by atoms with E-state index in [1.807, 2.05) is 12.1 Å². The normalized spacial score (nSPS) is 21.5. The van der Waals surface area contributed by atoms with Gasteiger partial charge in [-0.15, -0.1) is 0 Å². The van der Waals surface area contributed by atoms with E-state index in [4.69, 9.17) is 4.52 Å². The molecule has 0 spiro atoms. The molecular formula is C15H19N5O3. The van der Waals surface area contributed by atoms with Gasteiger partial charge < -0.3 is 14.9 Å². The van der Waals surface area contributed by atoms with Crippen molar-refractivity contribution in [1.82, 2.24) is 25.3 Å². The Morgan fingerprint density at radius 3 is 2.96 bits per heavy atom. The minimum atomic E-state index is -0.399. The van der Waals surface area contributed by atoms with E-state index in [2.05, 4.69) is 25.3 Å². The van der Waals surface area contributed by atoms with Gasteiger partial charge in [-0.3, -0.25) is 14.7 Å². The van der Waals surface area contributed by atoms with Crippen LogP contribution in [-0.2, 0) is 13.0 Å². The van der Waals surface area contributed by atoms with E-state index in [0.29, 0.717) is 19.0 Å². The van der Waals surface area contributed by atoms with Gasteiger partial charge >= 0.3 is 0 Å². The van der Waals surface area contributed by atoms with Crippen molar-refractivity contribution in [2.45, 2.75) is 19.1 Å². The molecule has 1 aliphatic heterocycles. The van der Waals surface area contributed by atoms with Crippen molar-refractivity contribution in [3.63, 3.8) is 0 Å². The van der Waals surface area contributed by atoms with Crippen molar-refractivity contribution < 1.29 is 14.4 Å². The van der Waals surface area contributed by atoms with Gasteiger partial charge in [-0.25, -0.2) is 0 Å². The molecule has 3 heterocycles. The third-order valence-electron chi connectivity index (χ3n) is 3.99. The van der Waals surface area contributed by atoms with E-state index in [1.165, 1.54) is 7.05 Å². The molecule has 23 heavy (non-hydrogen) atoms. The van der Waals surface area contributed by atoms with Crippen LogP contribution in [0.1, 0.15) is 22.1 Å². The highest BCUT2D eigenvalue weighted by Gasteiger charge is 2.32. The molecule has 2 aromatic heterocycles. The molecule has 1 fully saturated rings. The van der Waals surface area contributed by atoms with Crippen LogP contribution >= 0.6 is 0 Å². The summed E-state index contributed by atoms with van der Waals surface area (Å²) in [7, 11) is 1.51. The Morgan fingerprint density at radius 2 is 2.22 bits per heavy atom. The molecule has 122 valence electrons. The molecular weight excluding hydrogens is 298 g/mol. The number of carbonyl (C=O) groups is 1. The lowest BCUT2D eigenvalue weighted by Crippen LogP contribution is -2.22. The van der Waals surface area contributed by atoms with Gasteiger partial charge in [0, 0.05) is 38.4 Å². The summed E-state index contributed by atoms with van der Waals surface area (Å²) in [6.45, 7) is 1.71. The van der Waals surface area contributed by atoms with Crippen LogP contribution in [0.25, 0.3) is 0 Å². The number of nitrogens with one attached hydrogen (secondary N) is 1. The van der Waals surface area contributed by atoms with Crippen LogP contribution in [-0.4, -0.2) is 57.3 Å². The van der Waals surface area contributed by atoms with Crippen molar-refractivity contribution in [3.8, 4) is 0 Å². The van der Waals surface area contributed by atoms with Gasteiger partial charge in [0.15, 0.2) is 0 Å². The highest BCUT2D eigenvalue weighted by molar-refractivity contribution is 5.89. The van der Waals surface area contributed by atoms with Crippen LogP contribution in [0.3, 0.4) is 0 Å². The predicted octanol–water partition coefficient (Wildman–Crippen LogP) is -0.140. The van der Waals surface area contributed by atoms with Gasteiger partial charge in [0.05, 0.1) is 12.6 Å². The van der Waals surface area contributed by atoms with E-state index in [9.17, 15) is 9.90 Å². The third kappa shape index (κ3) is 3.72. The Morgan fingerprint density at radius 1 is 1.43 bits per heavy atom. The standard InChI is InChI=1S/C15H19N5O3/c1-16-15(22)14-18-13(23-19-14)9-20-7-11(12(21)8-20)6-10-2-4-17-5-3-10/h2-5,11-12,21H,6-9H2,1H3,(H,16,22)/t11-,12+/m1/s1. The number of amides is 1. The number of aliphatic hydroxyl groups is 1. The number of aromatic nitrogens is 3. The molecule has 0 bridgehead atoms. The molecule has 0 saturated carbocycles. The first-order chi connectivity index (χ1) is 11.2. The molecule has 0 unspecified atom stereocenters. The monoisotopic (exact) mass is 317 g/mol. The molecule has 1 amide bonds. The molecule has 0 aliphatic carbocycles. The fourth-order valence-electron chi connectivity index (χ4n) is 2.81. The van der Waals surface area contributed by atoms with Crippen molar-refractivity contribution in [2.24, 2.45) is 5.92 Å². The topological polar surface area (TPSA) is 104 Å². The zero-order valence-electron chi connectivity index (χ0n) is 12.8. The molecule has 0 radical (unpaired) electrons. The summed E-state index contributed by atoms with van der Waals surface area (Å²) in [5, 5.41) is 16.3. The maximum Gasteiger partial charge on any atom is 0.292 e. The van der Waals surface area contributed by atoms with E-state index < -0.39 is 6.10 Å². The first kappa shape index (κ1) is 15.6. The quantitative estimate of drug-likeness (QED) is 0.791. The highest BCUT2D eigenvalue weighted by Crippen LogP contribution is 2.22. The van der Waals surface area contributed by atoms with Crippen molar-refractivity contribution in [2.75, 3.05) is 20.1 Å². The van der Waals surface area contributed by atoms with Crippen LogP contribution in [0.15, 0.2) is 29.0 Å². The van der Waals surface area contributed by atoms with Gasteiger partial charge in [0.25, 0.3) is 11.7 Å². The largest absolute Gasteiger partial charge is 0.391 e. The fourth-order valence-corrected chi connectivity index (χ4v) is 2.81. The summed E-state index contributed by atoms with van der Waals surface area (Å²) < 4.78 is 5.08. The average Bonchev–Trinajstić information content (AvgIpc) is 3.15. The van der Waals surface area contributed by atoms with Crippen LogP contribution in [0.5, 0.6) is 0 Å². The first-order valence-electron chi connectivity index (χ1n) is 7.49. The number of hydrogen-bond acceptors (Lipinski definition) is 7. The molecule has 0 aromatic carbocycles. The van der Waals surface area contributed by atoms with E-state index in [0.717, 1.165) is 18.5 Å². The summed E-state index contributed by atoms with van der Waals surface area (Å²) in [5.74, 6) is 0.173. The Kier molecular flexibility index (Phi) is 4.63. The number of pyridine rings is 1. The summed E-state index contributed by atoms with van der Waals surface area (Å²) in [6, 6.07) is 3.92. The average molecular weight is 317 g/mol. The zero-order valence-corrected chi connectivity index (χ0v) is 12.8. The molecule has 8 nitrogen and oxygen atoms in total. The van der Waals surface area contributed by atoms with Gasteiger partial charge in [-0.2, -0.15) is 4.98 Å². The lowest BCUT2D eigenvalue weighted by molar-refractivity contribution is 0.0950. The molecule has 3 rings (SSSR count). The van der Waals surface area contributed by atoms with Gasteiger partial charge in [0.1, 0.15) is 0 Å². The maximum absolute atomic E-state index is 11.4. The molecule has 1 saturated heterocycles. The van der Waals surface area contributed by atoms with Crippen LogP contribution in [0.4, 0.5) is 0 Å². The van der Waals surface area contributed by atoms with E-state index in [-0.39, 0.29) is 17.6 Å². The van der Waals surface area contributed by atoms with E-state index in [1.54, 1.807) is 12.4 Å². The highest BCUT2D eigenvalue weighted by atomic mass is 16.5. The Labute approximate surface area is 133 Å². The van der Waals surface area contributed by atoms with Crippen LogP contribution in [0, 0.1) is 5.92 Å². The second-order valence-corrected chi connectivity index (χ2v) is 5.67. The lowest BCUT2D eigenvalue weighted by atomic mass is 9.97. The molecule has 2 aromatic rings. The molecule has 2 atom stereocenters. The number of carbonyl (C=O) groups excluding carboxylic acids is 1. The second-order valence-electron chi connectivity index (χ2n) is 5.67. The second kappa shape index (κ2) is 6.84. The SMILES string of the molecule is CNC(=O)c1noc(CN2C[C@@H](Cc3ccncc3)[C@@H](O)C2)n1. The predicted molar refractivity (Wildman–Crippen MR) is 80.4 cm³/mol. The Hall–Kier alpha value is -2.32. The van der Waals surface area contributed by atoms with Gasteiger partial charge in [0.2, 0.25) is 5.89 Å². The maximum atomic E-state index is 11.4. The number of hydrogen-bond donors (Lipinski definition) is 2. The lowest BCUT2D eigenvalue weighted by Gasteiger charge is -2.13. The minimum Gasteiger partial charge on any atom is -0.391 e. The van der Waals surface area contributed by atoms with Crippen LogP contribution in [0.2, 0.25) is 0 Å². The smallest absolute Gasteiger partial charge is 0.292 e. The minimum absolute atomic E-state index is 0.0237. The van der Waals surface area contributed by atoms with Crippen molar-refractivity contribution in [3.05, 3.63) is 41.8 Å². The summed E-state index contributed by atoms with van der Waals surface area (Å²) in [4.78, 5) is 21.5. The zero-order chi connectivity index (χ0) is 16.2. The fraction of sp³-hybridized carbons (Fsp3) is 0.467. The summed E-state index contributed by atoms with van der Waals surface area (Å²) in [5.41, 5.74) is 1.16. The number of aliphatic hydroxyl groups excluding tert-OH is 1. The Bertz CT molecular complexity index is 660. The third-order valence-corrected chi connectivity index (χ3v) is 3.99. The van der Waals surface area contributed by atoms with Gasteiger partial charge in [-0.05, 0) is 24.1 Å². The molecule has 8 heteroatoms. The van der Waals surface area contributed by atoms with Gasteiger partial charge in [-0.1, -0.05) is 5.16 Å². The number of nitrogens with zero attached hydrogens (tertiary/aromatic N) is 4. The van der Waals surface area contributed by atoms with Crippen LogP contribution < -0.4 is 5.32 Å². The summed E-state index contributed by atoms with van der Waals surface area (Å²) >= 11 is 0. The summed E-state index contributed by atoms with van der Waals surface area (Å²) in [6.07, 6.45) is 3.91. The Balaban J connectivity index is 1.58. The number of likely N-dealkylation sites (tertiary alicyclic amines) is 1. The van der Waals surface area contributed by atoms with Crippen molar-refractivity contribution in [1.29, 1.82) is 0 Å². The number of β-amino-alcohol motifs (C(OH)–C–C–N with tert-alkyl or cyclic N) is 1.